The first-order chi connectivity index (χ1) is 10.1. The Kier molecular flexibility index (Phi) is 5.45. The SMILES string of the molecule is CSc1ccc(CN(C)C(=O)Cc2ccc(C)cc2)cc1. The van der Waals surface area contributed by atoms with Crippen LogP contribution in [0.15, 0.2) is 53.4 Å². The fourth-order valence-electron chi connectivity index (χ4n) is 2.11. The maximum absolute atomic E-state index is 12.2. The van der Waals surface area contributed by atoms with Crippen LogP contribution < -0.4 is 0 Å². The normalized spacial score (nSPS) is 10.4. The molecule has 0 heterocycles. The molecule has 0 aromatic heterocycles. The van der Waals surface area contributed by atoms with E-state index >= 15 is 0 Å². The number of likely N-dealkylation sites (N-methyl/N-ethyl adjacent to an activating group) is 1. The number of hydrogen-bond acceptors (Lipinski definition) is 2. The molecule has 21 heavy (non-hydrogen) atoms. The molecule has 0 spiro atoms. The van der Waals surface area contributed by atoms with Gasteiger partial charge in [-0.15, -0.1) is 11.8 Å². The summed E-state index contributed by atoms with van der Waals surface area (Å²) in [6.07, 6.45) is 2.52. The van der Waals surface area contributed by atoms with E-state index in [0.717, 1.165) is 11.1 Å². The van der Waals surface area contributed by atoms with Crippen molar-refractivity contribution in [1.29, 1.82) is 0 Å². The van der Waals surface area contributed by atoms with Crippen molar-refractivity contribution in [2.45, 2.75) is 24.8 Å². The van der Waals surface area contributed by atoms with Crippen molar-refractivity contribution in [3.63, 3.8) is 0 Å². The molecule has 0 unspecified atom stereocenters. The number of nitrogens with zero attached hydrogens (tertiary/aromatic N) is 1. The van der Waals surface area contributed by atoms with E-state index in [1.807, 2.05) is 31.3 Å². The van der Waals surface area contributed by atoms with Crippen LogP contribution in [0.1, 0.15) is 16.7 Å². The van der Waals surface area contributed by atoms with E-state index in [9.17, 15) is 4.79 Å². The van der Waals surface area contributed by atoms with Crippen molar-refractivity contribution >= 4 is 17.7 Å². The molecule has 0 atom stereocenters. The van der Waals surface area contributed by atoms with Gasteiger partial charge in [0.05, 0.1) is 6.42 Å². The van der Waals surface area contributed by atoms with Gasteiger partial charge in [-0.2, -0.15) is 0 Å². The van der Waals surface area contributed by atoms with Crippen LogP contribution in [0.5, 0.6) is 0 Å². The van der Waals surface area contributed by atoms with Crippen LogP contribution in [-0.4, -0.2) is 24.1 Å². The molecule has 0 saturated carbocycles. The molecule has 0 saturated heterocycles. The fraction of sp³-hybridized carbons (Fsp3) is 0.278. The molecule has 2 rings (SSSR count). The second-order valence-electron chi connectivity index (χ2n) is 5.26. The van der Waals surface area contributed by atoms with Crippen LogP contribution in [-0.2, 0) is 17.8 Å². The Morgan fingerprint density at radius 1 is 1.00 bits per heavy atom. The van der Waals surface area contributed by atoms with Crippen molar-refractivity contribution in [2.75, 3.05) is 13.3 Å². The third kappa shape index (κ3) is 4.64. The summed E-state index contributed by atoms with van der Waals surface area (Å²) >= 11 is 1.73. The molecular formula is C18H21NOS. The predicted molar refractivity (Wildman–Crippen MR) is 89.6 cm³/mol. The van der Waals surface area contributed by atoms with Crippen LogP contribution in [0.2, 0.25) is 0 Å². The average Bonchev–Trinajstić information content (AvgIpc) is 2.50. The Labute approximate surface area is 131 Å². The van der Waals surface area contributed by atoms with Gasteiger partial charge in [-0.05, 0) is 36.4 Å². The van der Waals surface area contributed by atoms with Gasteiger partial charge in [0, 0.05) is 18.5 Å². The van der Waals surface area contributed by atoms with Gasteiger partial charge < -0.3 is 4.90 Å². The predicted octanol–water partition coefficient (Wildman–Crippen LogP) is 3.92. The molecule has 0 aliphatic rings. The molecular weight excluding hydrogens is 278 g/mol. The second-order valence-corrected chi connectivity index (χ2v) is 6.14. The molecule has 0 fully saturated rings. The number of amides is 1. The van der Waals surface area contributed by atoms with E-state index in [0.29, 0.717) is 13.0 Å². The number of hydrogen-bond donors (Lipinski definition) is 0. The first kappa shape index (κ1) is 15.6. The highest BCUT2D eigenvalue weighted by atomic mass is 32.2. The fourth-order valence-corrected chi connectivity index (χ4v) is 2.52. The maximum Gasteiger partial charge on any atom is 0.227 e. The number of carbonyl (C=O) groups excluding carboxylic acids is 1. The lowest BCUT2D eigenvalue weighted by atomic mass is 10.1. The first-order valence-corrected chi connectivity index (χ1v) is 8.23. The molecule has 2 aromatic carbocycles. The topological polar surface area (TPSA) is 20.3 Å². The molecule has 0 N–H and O–H groups in total. The zero-order valence-electron chi connectivity index (χ0n) is 12.8. The minimum atomic E-state index is 0.146. The third-order valence-electron chi connectivity index (χ3n) is 3.48. The van der Waals surface area contributed by atoms with Crippen LogP contribution in [0.25, 0.3) is 0 Å². The van der Waals surface area contributed by atoms with E-state index in [2.05, 4.69) is 37.4 Å². The van der Waals surface area contributed by atoms with Crippen LogP contribution in [0.3, 0.4) is 0 Å². The number of rotatable bonds is 5. The maximum atomic E-state index is 12.2. The summed E-state index contributed by atoms with van der Waals surface area (Å²) in [5, 5.41) is 0. The Morgan fingerprint density at radius 2 is 1.57 bits per heavy atom. The molecule has 0 bridgehead atoms. The number of benzene rings is 2. The summed E-state index contributed by atoms with van der Waals surface area (Å²) in [6, 6.07) is 16.5. The molecule has 110 valence electrons. The molecule has 1 amide bonds. The molecule has 0 aliphatic carbocycles. The van der Waals surface area contributed by atoms with Gasteiger partial charge in [-0.25, -0.2) is 0 Å². The molecule has 3 heteroatoms. The minimum absolute atomic E-state index is 0.146. The van der Waals surface area contributed by atoms with Crippen molar-refractivity contribution in [2.24, 2.45) is 0 Å². The van der Waals surface area contributed by atoms with Gasteiger partial charge in [0.15, 0.2) is 0 Å². The van der Waals surface area contributed by atoms with Gasteiger partial charge in [0.25, 0.3) is 0 Å². The summed E-state index contributed by atoms with van der Waals surface area (Å²) in [6.45, 7) is 2.70. The molecule has 2 nitrogen and oxygen atoms in total. The summed E-state index contributed by atoms with van der Waals surface area (Å²) in [7, 11) is 1.86. The van der Waals surface area contributed by atoms with E-state index < -0.39 is 0 Å². The van der Waals surface area contributed by atoms with Crippen molar-refractivity contribution in [3.8, 4) is 0 Å². The van der Waals surface area contributed by atoms with Crippen LogP contribution in [0.4, 0.5) is 0 Å². The monoisotopic (exact) mass is 299 g/mol. The summed E-state index contributed by atoms with van der Waals surface area (Å²) in [5.41, 5.74) is 3.44. The van der Waals surface area contributed by atoms with E-state index in [1.54, 1.807) is 16.7 Å². The number of thioether (sulfide) groups is 1. The highest BCUT2D eigenvalue weighted by Crippen LogP contribution is 2.16. The smallest absolute Gasteiger partial charge is 0.227 e. The van der Waals surface area contributed by atoms with E-state index in [4.69, 9.17) is 0 Å². The zero-order chi connectivity index (χ0) is 15.2. The Morgan fingerprint density at radius 3 is 2.14 bits per heavy atom. The molecule has 2 aromatic rings. The van der Waals surface area contributed by atoms with E-state index in [-0.39, 0.29) is 5.91 Å². The first-order valence-electron chi connectivity index (χ1n) is 7.01. The van der Waals surface area contributed by atoms with Crippen LogP contribution in [0, 0.1) is 6.92 Å². The largest absolute Gasteiger partial charge is 0.341 e. The van der Waals surface area contributed by atoms with Crippen molar-refractivity contribution in [3.05, 3.63) is 65.2 Å². The number of aryl methyl sites for hydroxylation is 1. The highest BCUT2D eigenvalue weighted by molar-refractivity contribution is 7.98. The lowest BCUT2D eigenvalue weighted by Gasteiger charge is -2.17. The van der Waals surface area contributed by atoms with Gasteiger partial charge in [0.1, 0.15) is 0 Å². The standard InChI is InChI=1S/C18H21NOS/c1-14-4-6-15(7-5-14)12-18(20)19(2)13-16-8-10-17(21-3)11-9-16/h4-11H,12-13H2,1-3H3. The van der Waals surface area contributed by atoms with Crippen molar-refractivity contribution in [1.82, 2.24) is 4.90 Å². The van der Waals surface area contributed by atoms with Crippen molar-refractivity contribution < 1.29 is 4.79 Å². The van der Waals surface area contributed by atoms with E-state index in [1.165, 1.54) is 10.5 Å². The zero-order valence-corrected chi connectivity index (χ0v) is 13.6. The summed E-state index contributed by atoms with van der Waals surface area (Å²) < 4.78 is 0. The lowest BCUT2D eigenvalue weighted by Crippen LogP contribution is -2.27. The minimum Gasteiger partial charge on any atom is -0.341 e. The van der Waals surface area contributed by atoms with Gasteiger partial charge in [-0.3, -0.25) is 4.79 Å². The lowest BCUT2D eigenvalue weighted by molar-refractivity contribution is -0.129. The Balaban J connectivity index is 1.93. The summed E-state index contributed by atoms with van der Waals surface area (Å²) in [5.74, 6) is 0.146. The van der Waals surface area contributed by atoms with Gasteiger partial charge in [0.2, 0.25) is 5.91 Å². The second kappa shape index (κ2) is 7.32. The Hall–Kier alpha value is -1.74. The molecule has 0 radical (unpaired) electrons. The Bertz CT molecular complexity index is 590. The van der Waals surface area contributed by atoms with Crippen LogP contribution >= 0.6 is 11.8 Å². The quantitative estimate of drug-likeness (QED) is 0.780. The van der Waals surface area contributed by atoms with Gasteiger partial charge >= 0.3 is 0 Å². The highest BCUT2D eigenvalue weighted by Gasteiger charge is 2.10. The summed E-state index contributed by atoms with van der Waals surface area (Å²) in [4.78, 5) is 15.3. The number of carbonyl (C=O) groups is 1. The molecule has 0 aliphatic heterocycles. The van der Waals surface area contributed by atoms with Gasteiger partial charge in [-0.1, -0.05) is 42.0 Å². The average molecular weight is 299 g/mol. The third-order valence-corrected chi connectivity index (χ3v) is 4.22.